The van der Waals surface area contributed by atoms with Crippen LogP contribution >= 0.6 is 0 Å². The van der Waals surface area contributed by atoms with Gasteiger partial charge in [0, 0.05) is 27.2 Å². The number of ether oxygens (including phenoxy) is 1. The minimum absolute atomic E-state index is 0.0347. The van der Waals surface area contributed by atoms with E-state index in [2.05, 4.69) is 15.6 Å². The highest BCUT2D eigenvalue weighted by Crippen LogP contribution is 2.29. The zero-order valence-electron chi connectivity index (χ0n) is 15.5. The van der Waals surface area contributed by atoms with Crippen molar-refractivity contribution in [3.8, 4) is 0 Å². The van der Waals surface area contributed by atoms with Gasteiger partial charge in [-0.2, -0.15) is 13.2 Å². The number of carbonyl (C=O) groups is 1. The van der Waals surface area contributed by atoms with E-state index in [1.807, 2.05) is 0 Å². The lowest BCUT2D eigenvalue weighted by molar-refractivity contribution is -0.137. The molecule has 2 rings (SSSR count). The summed E-state index contributed by atoms with van der Waals surface area (Å²) >= 11 is 0. The van der Waals surface area contributed by atoms with Crippen molar-refractivity contribution < 1.29 is 22.7 Å². The van der Waals surface area contributed by atoms with Crippen LogP contribution in [0.15, 0.2) is 29.3 Å². The van der Waals surface area contributed by atoms with Crippen LogP contribution < -0.4 is 10.6 Å². The van der Waals surface area contributed by atoms with E-state index < -0.39 is 11.7 Å². The van der Waals surface area contributed by atoms with Gasteiger partial charge in [0.05, 0.1) is 24.8 Å². The number of likely N-dealkylation sites (N-methyl/N-ethyl adjacent to an activating group) is 1. The highest BCUT2D eigenvalue weighted by atomic mass is 19.4. The number of amides is 1. The van der Waals surface area contributed by atoms with Crippen molar-refractivity contribution in [2.24, 2.45) is 4.99 Å². The molecule has 27 heavy (non-hydrogen) atoms. The third-order valence-electron chi connectivity index (χ3n) is 4.10. The number of alkyl halides is 3. The molecule has 1 saturated heterocycles. The van der Waals surface area contributed by atoms with Crippen molar-refractivity contribution in [3.05, 3.63) is 35.4 Å². The lowest BCUT2D eigenvalue weighted by Gasteiger charge is -2.17. The molecule has 1 aliphatic heterocycles. The molecule has 9 heteroatoms. The first-order valence-corrected chi connectivity index (χ1v) is 8.76. The Morgan fingerprint density at radius 3 is 2.74 bits per heavy atom. The van der Waals surface area contributed by atoms with Crippen molar-refractivity contribution in [1.82, 2.24) is 15.5 Å². The highest BCUT2D eigenvalue weighted by molar-refractivity contribution is 5.86. The molecule has 6 nitrogen and oxygen atoms in total. The number of nitrogens with zero attached hydrogens (tertiary/aromatic N) is 2. The Kier molecular flexibility index (Phi) is 7.46. The average molecular weight is 386 g/mol. The Hall–Kier alpha value is -2.29. The van der Waals surface area contributed by atoms with Crippen molar-refractivity contribution in [2.75, 3.05) is 33.8 Å². The highest BCUT2D eigenvalue weighted by Gasteiger charge is 2.30. The Labute approximate surface area is 156 Å². The Morgan fingerprint density at radius 2 is 2.11 bits per heavy atom. The van der Waals surface area contributed by atoms with Gasteiger partial charge < -0.3 is 20.3 Å². The van der Waals surface area contributed by atoms with Gasteiger partial charge >= 0.3 is 6.18 Å². The van der Waals surface area contributed by atoms with Crippen LogP contribution in [0, 0.1) is 0 Å². The number of aliphatic imine (C=N–C) groups is 1. The average Bonchev–Trinajstić information content (AvgIpc) is 3.13. The molecule has 0 bridgehead atoms. The summed E-state index contributed by atoms with van der Waals surface area (Å²) in [5.74, 6) is 0.221. The lowest BCUT2D eigenvalue weighted by atomic mass is 10.1. The van der Waals surface area contributed by atoms with E-state index in [1.165, 1.54) is 11.0 Å². The molecule has 0 saturated carbocycles. The van der Waals surface area contributed by atoms with Crippen molar-refractivity contribution in [1.29, 1.82) is 0 Å². The molecule has 1 atom stereocenters. The maximum atomic E-state index is 12.8. The standard InChI is InChI=1S/C18H25F3N4O2/c1-25(2)16(26)12-24-17(23-11-15-7-4-8-27-15)22-10-13-5-3-6-14(9-13)18(19,20)21/h3,5-6,9,15H,4,7-8,10-12H2,1-2H3,(H2,22,23,24). The monoisotopic (exact) mass is 386 g/mol. The Morgan fingerprint density at radius 1 is 1.33 bits per heavy atom. The van der Waals surface area contributed by atoms with E-state index >= 15 is 0 Å². The third kappa shape index (κ3) is 7.09. The van der Waals surface area contributed by atoms with E-state index in [-0.39, 0.29) is 25.1 Å². The van der Waals surface area contributed by atoms with Crippen LogP contribution in [-0.4, -0.2) is 56.7 Å². The number of hydrogen-bond donors (Lipinski definition) is 2. The predicted molar refractivity (Wildman–Crippen MR) is 96.3 cm³/mol. The fourth-order valence-electron chi connectivity index (χ4n) is 2.52. The first kappa shape index (κ1) is 21.0. The van der Waals surface area contributed by atoms with E-state index in [1.54, 1.807) is 20.2 Å². The van der Waals surface area contributed by atoms with Crippen molar-refractivity contribution in [2.45, 2.75) is 31.7 Å². The molecular formula is C18H25F3N4O2. The lowest BCUT2D eigenvalue weighted by Crippen LogP contribution is -2.45. The molecule has 0 radical (unpaired) electrons. The maximum Gasteiger partial charge on any atom is 0.416 e. The fraction of sp³-hybridized carbons (Fsp3) is 0.556. The van der Waals surface area contributed by atoms with Gasteiger partial charge in [-0.05, 0) is 30.5 Å². The number of benzene rings is 1. The minimum Gasteiger partial charge on any atom is -0.376 e. The van der Waals surface area contributed by atoms with Crippen LogP contribution in [-0.2, 0) is 22.3 Å². The molecule has 0 aliphatic carbocycles. The van der Waals surface area contributed by atoms with Gasteiger partial charge in [-0.1, -0.05) is 12.1 Å². The van der Waals surface area contributed by atoms with Gasteiger partial charge in [-0.15, -0.1) is 0 Å². The number of hydrogen-bond acceptors (Lipinski definition) is 3. The number of guanidine groups is 1. The van der Waals surface area contributed by atoms with Gasteiger partial charge in [-0.3, -0.25) is 4.79 Å². The summed E-state index contributed by atoms with van der Waals surface area (Å²) in [6.07, 6.45) is -2.40. The smallest absolute Gasteiger partial charge is 0.376 e. The summed E-state index contributed by atoms with van der Waals surface area (Å²) in [5, 5.41) is 6.00. The van der Waals surface area contributed by atoms with Crippen molar-refractivity contribution in [3.63, 3.8) is 0 Å². The first-order chi connectivity index (χ1) is 12.8. The fourth-order valence-corrected chi connectivity index (χ4v) is 2.52. The molecule has 0 spiro atoms. The Balaban J connectivity index is 2.02. The second-order valence-corrected chi connectivity index (χ2v) is 6.52. The maximum absolute atomic E-state index is 12.8. The normalized spacial score (nSPS) is 17.7. The topological polar surface area (TPSA) is 66.0 Å². The van der Waals surface area contributed by atoms with Gasteiger partial charge in [0.1, 0.15) is 0 Å². The second-order valence-electron chi connectivity index (χ2n) is 6.52. The van der Waals surface area contributed by atoms with Gasteiger partial charge in [0.2, 0.25) is 5.91 Å². The summed E-state index contributed by atoms with van der Waals surface area (Å²) in [6.45, 7) is 1.33. The number of nitrogens with one attached hydrogen (secondary N) is 2. The molecule has 1 aliphatic rings. The zero-order valence-corrected chi connectivity index (χ0v) is 15.5. The number of carbonyl (C=O) groups excluding carboxylic acids is 1. The first-order valence-electron chi connectivity index (χ1n) is 8.76. The van der Waals surface area contributed by atoms with Crippen LogP contribution in [0.3, 0.4) is 0 Å². The summed E-state index contributed by atoms with van der Waals surface area (Å²) in [7, 11) is 3.28. The minimum atomic E-state index is -4.39. The summed E-state index contributed by atoms with van der Waals surface area (Å²) in [6, 6.07) is 5.04. The van der Waals surface area contributed by atoms with Gasteiger partial charge in [0.25, 0.3) is 0 Å². The molecule has 2 N–H and O–H groups in total. The SMILES string of the molecule is CN(C)C(=O)CNC(=NCc1cccc(C(F)(F)F)c1)NCC1CCCO1. The molecule has 1 unspecified atom stereocenters. The zero-order chi connectivity index (χ0) is 19.9. The van der Waals surface area contributed by atoms with Crippen LogP contribution in [0.1, 0.15) is 24.0 Å². The molecular weight excluding hydrogens is 361 g/mol. The summed E-state index contributed by atoms with van der Waals surface area (Å²) < 4.78 is 44.0. The van der Waals surface area contributed by atoms with Gasteiger partial charge in [-0.25, -0.2) is 4.99 Å². The number of rotatable bonds is 6. The van der Waals surface area contributed by atoms with Crippen LogP contribution in [0.4, 0.5) is 13.2 Å². The second kappa shape index (κ2) is 9.59. The van der Waals surface area contributed by atoms with E-state index in [0.717, 1.165) is 31.6 Å². The van der Waals surface area contributed by atoms with Crippen LogP contribution in [0.25, 0.3) is 0 Å². The van der Waals surface area contributed by atoms with E-state index in [9.17, 15) is 18.0 Å². The van der Waals surface area contributed by atoms with Crippen LogP contribution in [0.5, 0.6) is 0 Å². The summed E-state index contributed by atoms with van der Waals surface area (Å²) in [4.78, 5) is 17.5. The molecule has 1 fully saturated rings. The Bertz CT molecular complexity index is 656. The predicted octanol–water partition coefficient (Wildman–Crippen LogP) is 2.01. The van der Waals surface area contributed by atoms with E-state index in [4.69, 9.17) is 4.74 Å². The van der Waals surface area contributed by atoms with Crippen molar-refractivity contribution >= 4 is 11.9 Å². The molecule has 0 aromatic heterocycles. The summed E-state index contributed by atoms with van der Waals surface area (Å²) in [5.41, 5.74) is -0.276. The van der Waals surface area contributed by atoms with Gasteiger partial charge in [0.15, 0.2) is 5.96 Å². The molecule has 1 aromatic carbocycles. The molecule has 1 aromatic rings. The van der Waals surface area contributed by atoms with Crippen LogP contribution in [0.2, 0.25) is 0 Å². The number of halogens is 3. The van der Waals surface area contributed by atoms with E-state index in [0.29, 0.717) is 18.1 Å². The molecule has 1 heterocycles. The third-order valence-corrected chi connectivity index (χ3v) is 4.10. The quantitative estimate of drug-likeness (QED) is 0.580. The molecule has 1 amide bonds. The largest absolute Gasteiger partial charge is 0.416 e. The molecule has 150 valence electrons.